The van der Waals surface area contributed by atoms with Gasteiger partial charge in [0.2, 0.25) is 0 Å². The zero-order chi connectivity index (χ0) is 13.8. The molecule has 108 valence electrons. The highest BCUT2D eigenvalue weighted by atomic mass is 16.5. The highest BCUT2D eigenvalue weighted by molar-refractivity contribution is 5.01. The second-order valence-electron chi connectivity index (χ2n) is 5.80. The number of morpholine rings is 1. The summed E-state index contributed by atoms with van der Waals surface area (Å²) in [6.07, 6.45) is 8.37. The maximum atomic E-state index is 8.93. The van der Waals surface area contributed by atoms with Crippen LogP contribution in [0.3, 0.4) is 0 Å². The molecule has 1 saturated heterocycles. The Morgan fingerprint density at radius 3 is 3.00 bits per heavy atom. The van der Waals surface area contributed by atoms with Crippen molar-refractivity contribution >= 4 is 0 Å². The molecule has 0 amide bonds. The molecule has 3 rings (SSSR count). The lowest BCUT2D eigenvalue weighted by atomic mass is 9.96. The van der Waals surface area contributed by atoms with Crippen molar-refractivity contribution in [2.75, 3.05) is 19.7 Å². The normalized spacial score (nSPS) is 25.4. The Labute approximate surface area is 120 Å². The quantitative estimate of drug-likeness (QED) is 0.847. The predicted molar refractivity (Wildman–Crippen MR) is 75.0 cm³/mol. The van der Waals surface area contributed by atoms with Crippen molar-refractivity contribution in [1.29, 1.82) is 5.26 Å². The Bertz CT molecular complexity index is 472. The molecule has 5 heteroatoms. The topological polar surface area (TPSA) is 54.1 Å². The Balaban J connectivity index is 1.58. The van der Waals surface area contributed by atoms with Crippen LogP contribution in [-0.2, 0) is 11.3 Å². The van der Waals surface area contributed by atoms with Crippen LogP contribution in [-0.4, -0.2) is 40.5 Å². The SMILES string of the molecule is N#CC1CN(Cc2ccn(C3CCCCC3)n2)CCO1. The summed E-state index contributed by atoms with van der Waals surface area (Å²) < 4.78 is 7.52. The minimum absolute atomic E-state index is 0.288. The molecule has 0 spiro atoms. The van der Waals surface area contributed by atoms with E-state index in [0.717, 1.165) is 18.8 Å². The Morgan fingerprint density at radius 1 is 1.35 bits per heavy atom. The average molecular weight is 274 g/mol. The van der Waals surface area contributed by atoms with E-state index in [1.165, 1.54) is 32.1 Å². The zero-order valence-corrected chi connectivity index (χ0v) is 11.9. The van der Waals surface area contributed by atoms with Crippen LogP contribution >= 0.6 is 0 Å². The van der Waals surface area contributed by atoms with E-state index >= 15 is 0 Å². The number of rotatable bonds is 3. The summed E-state index contributed by atoms with van der Waals surface area (Å²) in [6.45, 7) is 3.03. The van der Waals surface area contributed by atoms with Gasteiger partial charge in [-0.05, 0) is 18.9 Å². The van der Waals surface area contributed by atoms with Crippen LogP contribution in [0.15, 0.2) is 12.3 Å². The van der Waals surface area contributed by atoms with Crippen molar-refractivity contribution in [3.8, 4) is 6.07 Å². The van der Waals surface area contributed by atoms with E-state index in [9.17, 15) is 0 Å². The van der Waals surface area contributed by atoms with E-state index in [1.807, 2.05) is 0 Å². The molecule has 2 heterocycles. The first-order chi connectivity index (χ1) is 9.85. The highest BCUT2D eigenvalue weighted by Crippen LogP contribution is 2.27. The third-order valence-electron chi connectivity index (χ3n) is 4.29. The lowest BCUT2D eigenvalue weighted by molar-refractivity contribution is -0.00320. The van der Waals surface area contributed by atoms with Crippen LogP contribution in [0.4, 0.5) is 0 Å². The molecule has 1 aliphatic carbocycles. The summed E-state index contributed by atoms with van der Waals surface area (Å²) in [5.41, 5.74) is 1.11. The van der Waals surface area contributed by atoms with Crippen molar-refractivity contribution in [2.24, 2.45) is 0 Å². The number of hydrogen-bond donors (Lipinski definition) is 0. The Kier molecular flexibility index (Phi) is 4.34. The molecule has 1 unspecified atom stereocenters. The summed E-state index contributed by atoms with van der Waals surface area (Å²) >= 11 is 0. The summed E-state index contributed by atoms with van der Waals surface area (Å²) in [5.74, 6) is 0. The van der Waals surface area contributed by atoms with E-state index in [-0.39, 0.29) is 6.10 Å². The van der Waals surface area contributed by atoms with Gasteiger partial charge in [0, 0.05) is 25.8 Å². The standard InChI is InChI=1S/C15H22N4O/c16-10-15-12-18(8-9-20-15)11-13-6-7-19(17-13)14-4-2-1-3-5-14/h6-7,14-15H,1-5,8-9,11-12H2. The number of nitrogens with zero attached hydrogens (tertiary/aromatic N) is 4. The van der Waals surface area contributed by atoms with Crippen molar-refractivity contribution in [3.05, 3.63) is 18.0 Å². The highest BCUT2D eigenvalue weighted by Gasteiger charge is 2.21. The third kappa shape index (κ3) is 3.20. The molecule has 5 nitrogen and oxygen atoms in total. The molecule has 20 heavy (non-hydrogen) atoms. The Hall–Kier alpha value is -1.38. The molecule has 1 atom stereocenters. The molecule has 1 aliphatic heterocycles. The van der Waals surface area contributed by atoms with E-state index in [2.05, 4.69) is 27.9 Å². The van der Waals surface area contributed by atoms with Gasteiger partial charge in [-0.3, -0.25) is 9.58 Å². The van der Waals surface area contributed by atoms with E-state index in [1.54, 1.807) is 0 Å². The van der Waals surface area contributed by atoms with Crippen LogP contribution in [0.1, 0.15) is 43.8 Å². The number of nitriles is 1. The monoisotopic (exact) mass is 274 g/mol. The second kappa shape index (κ2) is 6.38. The summed E-state index contributed by atoms with van der Waals surface area (Å²) in [7, 11) is 0. The number of aromatic nitrogens is 2. The van der Waals surface area contributed by atoms with Crippen LogP contribution in [0.5, 0.6) is 0 Å². The minimum atomic E-state index is -0.288. The zero-order valence-electron chi connectivity index (χ0n) is 11.9. The van der Waals surface area contributed by atoms with Gasteiger partial charge in [-0.2, -0.15) is 10.4 Å². The summed E-state index contributed by atoms with van der Waals surface area (Å²) in [5, 5.41) is 13.7. The van der Waals surface area contributed by atoms with Crippen LogP contribution in [0.25, 0.3) is 0 Å². The van der Waals surface area contributed by atoms with E-state index in [0.29, 0.717) is 19.2 Å². The molecular weight excluding hydrogens is 252 g/mol. The minimum Gasteiger partial charge on any atom is -0.361 e. The van der Waals surface area contributed by atoms with Gasteiger partial charge in [-0.1, -0.05) is 19.3 Å². The van der Waals surface area contributed by atoms with Gasteiger partial charge >= 0.3 is 0 Å². The lowest BCUT2D eigenvalue weighted by Gasteiger charge is -2.29. The molecule has 0 N–H and O–H groups in total. The number of hydrogen-bond acceptors (Lipinski definition) is 4. The van der Waals surface area contributed by atoms with E-state index < -0.39 is 0 Å². The average Bonchev–Trinajstić information content (AvgIpc) is 2.97. The first-order valence-electron chi connectivity index (χ1n) is 7.63. The molecule has 0 radical (unpaired) electrons. The molecule has 2 aliphatic rings. The maximum Gasteiger partial charge on any atom is 0.156 e. The van der Waals surface area contributed by atoms with Gasteiger partial charge in [0.05, 0.1) is 24.4 Å². The van der Waals surface area contributed by atoms with Gasteiger partial charge in [0.1, 0.15) is 0 Å². The first-order valence-corrected chi connectivity index (χ1v) is 7.63. The summed E-state index contributed by atoms with van der Waals surface area (Å²) in [4.78, 5) is 2.25. The van der Waals surface area contributed by atoms with Crippen molar-refractivity contribution in [1.82, 2.24) is 14.7 Å². The lowest BCUT2D eigenvalue weighted by Crippen LogP contribution is -2.41. The van der Waals surface area contributed by atoms with Gasteiger partial charge in [0.15, 0.2) is 6.10 Å². The smallest absolute Gasteiger partial charge is 0.156 e. The van der Waals surface area contributed by atoms with Crippen LogP contribution in [0, 0.1) is 11.3 Å². The fourth-order valence-corrected chi connectivity index (χ4v) is 3.16. The molecule has 0 aromatic carbocycles. The fraction of sp³-hybridized carbons (Fsp3) is 0.733. The largest absolute Gasteiger partial charge is 0.361 e. The number of ether oxygens (including phenoxy) is 1. The van der Waals surface area contributed by atoms with E-state index in [4.69, 9.17) is 15.1 Å². The van der Waals surface area contributed by atoms with Gasteiger partial charge < -0.3 is 4.74 Å². The summed E-state index contributed by atoms with van der Waals surface area (Å²) in [6, 6.07) is 4.90. The fourth-order valence-electron chi connectivity index (χ4n) is 3.16. The molecule has 1 aromatic rings. The first kappa shape index (κ1) is 13.6. The molecular formula is C15H22N4O. The van der Waals surface area contributed by atoms with Crippen LogP contribution < -0.4 is 0 Å². The maximum absolute atomic E-state index is 8.93. The van der Waals surface area contributed by atoms with Crippen molar-refractivity contribution < 1.29 is 4.74 Å². The van der Waals surface area contributed by atoms with Gasteiger partial charge in [-0.15, -0.1) is 0 Å². The molecule has 0 bridgehead atoms. The van der Waals surface area contributed by atoms with Crippen molar-refractivity contribution in [3.63, 3.8) is 0 Å². The molecule has 2 fully saturated rings. The van der Waals surface area contributed by atoms with Crippen LogP contribution in [0.2, 0.25) is 0 Å². The second-order valence-corrected chi connectivity index (χ2v) is 5.80. The van der Waals surface area contributed by atoms with Gasteiger partial charge in [-0.25, -0.2) is 0 Å². The van der Waals surface area contributed by atoms with Crippen molar-refractivity contribution in [2.45, 2.75) is 50.8 Å². The molecule has 1 aromatic heterocycles. The predicted octanol–water partition coefficient (Wildman–Crippen LogP) is 2.11. The molecule has 1 saturated carbocycles. The Morgan fingerprint density at radius 2 is 2.20 bits per heavy atom. The third-order valence-corrected chi connectivity index (χ3v) is 4.29. The van der Waals surface area contributed by atoms with Gasteiger partial charge in [0.25, 0.3) is 0 Å².